The highest BCUT2D eigenvalue weighted by Crippen LogP contribution is 2.35. The van der Waals surface area contributed by atoms with Crippen molar-refractivity contribution in [1.82, 2.24) is 9.97 Å². The molecule has 0 saturated carbocycles. The largest absolute Gasteiger partial charge is 0.504 e. The molecule has 0 aliphatic carbocycles. The Morgan fingerprint density at radius 2 is 1.55 bits per heavy atom. The molecular formula is C14H17N3O3. The van der Waals surface area contributed by atoms with Gasteiger partial charge in [-0.3, -0.25) is 0 Å². The van der Waals surface area contributed by atoms with Crippen LogP contribution in [0.4, 0.5) is 5.95 Å². The van der Waals surface area contributed by atoms with Gasteiger partial charge in [-0.25, -0.2) is 9.97 Å². The van der Waals surface area contributed by atoms with Gasteiger partial charge in [0.25, 0.3) is 0 Å². The van der Waals surface area contributed by atoms with Crippen LogP contribution in [-0.2, 0) is 0 Å². The van der Waals surface area contributed by atoms with Gasteiger partial charge >= 0.3 is 0 Å². The molecule has 2 rings (SSSR count). The first kappa shape index (κ1) is 15.3. The number of phenolic OH excluding ortho intramolecular Hbond substituents is 3. The fourth-order valence-electron chi connectivity index (χ4n) is 1.27. The molecule has 106 valence electrons. The Labute approximate surface area is 117 Å². The van der Waals surface area contributed by atoms with E-state index in [2.05, 4.69) is 16.5 Å². The molecule has 0 unspecified atom stereocenters. The molecule has 6 heteroatoms. The molecule has 0 bridgehead atoms. The third kappa shape index (κ3) is 4.16. The maximum atomic E-state index is 8.95. The second-order valence-electron chi connectivity index (χ2n) is 4.06. The van der Waals surface area contributed by atoms with E-state index >= 15 is 0 Å². The number of aromatic hydroxyl groups is 3. The fraction of sp³-hybridized carbons (Fsp3) is 0.143. The summed E-state index contributed by atoms with van der Waals surface area (Å²) in [5, 5.41) is 26.8. The lowest BCUT2D eigenvalue weighted by Crippen LogP contribution is -2.11. The molecule has 0 spiro atoms. The number of anilines is 1. The summed E-state index contributed by atoms with van der Waals surface area (Å²) in [6.07, 6.45) is 4.91. The molecule has 1 aromatic heterocycles. The minimum absolute atomic E-state index is 0.347. The van der Waals surface area contributed by atoms with Gasteiger partial charge in [-0.15, -0.1) is 0 Å². The van der Waals surface area contributed by atoms with Crippen molar-refractivity contribution in [2.45, 2.75) is 0 Å². The Morgan fingerprint density at radius 1 is 1.05 bits per heavy atom. The van der Waals surface area contributed by atoms with Crippen molar-refractivity contribution in [3.63, 3.8) is 0 Å². The molecule has 0 atom stereocenters. The van der Waals surface area contributed by atoms with E-state index in [0.29, 0.717) is 5.56 Å². The minimum atomic E-state index is -0.504. The summed E-state index contributed by atoms with van der Waals surface area (Å²) < 4.78 is 0. The normalized spacial score (nSPS) is 9.30. The predicted molar refractivity (Wildman–Crippen MR) is 77.9 cm³/mol. The summed E-state index contributed by atoms with van der Waals surface area (Å²) in [5.74, 6) is -0.451. The second kappa shape index (κ2) is 6.98. The van der Waals surface area contributed by atoms with Crippen LogP contribution in [0.5, 0.6) is 17.2 Å². The van der Waals surface area contributed by atoms with E-state index < -0.39 is 5.75 Å². The van der Waals surface area contributed by atoms with Gasteiger partial charge < -0.3 is 20.2 Å². The van der Waals surface area contributed by atoms with Crippen molar-refractivity contribution in [2.24, 2.45) is 0 Å². The lowest BCUT2D eigenvalue weighted by atomic mass is 10.2. The van der Waals surface area contributed by atoms with Gasteiger partial charge in [-0.2, -0.15) is 0 Å². The minimum Gasteiger partial charge on any atom is -0.504 e. The summed E-state index contributed by atoms with van der Waals surface area (Å²) in [5.41, 5.74) is 0.554. The SMILES string of the molecule is C=Cc1cc(O)c(O)c(O)c1.CN(C)c1ncccn1. The number of hydrogen-bond acceptors (Lipinski definition) is 6. The summed E-state index contributed by atoms with van der Waals surface area (Å²) in [7, 11) is 3.82. The number of aromatic nitrogens is 2. The number of rotatable bonds is 2. The molecule has 0 aliphatic rings. The van der Waals surface area contributed by atoms with Crippen LogP contribution in [0.15, 0.2) is 37.2 Å². The molecule has 20 heavy (non-hydrogen) atoms. The molecule has 0 amide bonds. The lowest BCUT2D eigenvalue weighted by Gasteiger charge is -2.06. The van der Waals surface area contributed by atoms with Gasteiger partial charge in [0.1, 0.15) is 0 Å². The van der Waals surface area contributed by atoms with E-state index in [9.17, 15) is 0 Å². The van der Waals surface area contributed by atoms with Crippen LogP contribution in [0.3, 0.4) is 0 Å². The summed E-state index contributed by atoms with van der Waals surface area (Å²) >= 11 is 0. The number of phenols is 3. The Hall–Kier alpha value is -2.76. The van der Waals surface area contributed by atoms with Gasteiger partial charge in [0.2, 0.25) is 5.95 Å². The molecule has 0 fully saturated rings. The molecule has 0 radical (unpaired) electrons. The van der Waals surface area contributed by atoms with E-state index in [1.807, 2.05) is 19.0 Å². The van der Waals surface area contributed by atoms with Crippen LogP contribution in [0.25, 0.3) is 6.08 Å². The quantitative estimate of drug-likeness (QED) is 0.726. The maximum absolute atomic E-state index is 8.95. The van der Waals surface area contributed by atoms with Crippen molar-refractivity contribution in [2.75, 3.05) is 19.0 Å². The van der Waals surface area contributed by atoms with Crippen molar-refractivity contribution >= 4 is 12.0 Å². The van der Waals surface area contributed by atoms with Crippen molar-refractivity contribution in [3.8, 4) is 17.2 Å². The van der Waals surface area contributed by atoms with E-state index in [1.54, 1.807) is 18.5 Å². The molecule has 2 aromatic rings. The number of hydrogen-bond donors (Lipinski definition) is 3. The number of benzene rings is 1. The average Bonchev–Trinajstić information content (AvgIpc) is 2.45. The monoisotopic (exact) mass is 275 g/mol. The molecule has 0 aliphatic heterocycles. The number of nitrogens with zero attached hydrogens (tertiary/aromatic N) is 3. The topological polar surface area (TPSA) is 89.7 Å². The van der Waals surface area contributed by atoms with Crippen molar-refractivity contribution in [3.05, 3.63) is 42.7 Å². The Kier molecular flexibility index (Phi) is 5.34. The first-order valence-electron chi connectivity index (χ1n) is 5.77. The predicted octanol–water partition coefficient (Wildman–Crippen LogP) is 1.99. The van der Waals surface area contributed by atoms with Crippen LogP contribution in [0.1, 0.15) is 5.56 Å². The van der Waals surface area contributed by atoms with E-state index in [0.717, 1.165) is 5.95 Å². The standard InChI is InChI=1S/C8H8O3.C6H9N3/c1-2-5-3-6(9)8(11)7(10)4-5;1-9(2)6-7-4-3-5-8-6/h2-4,9-11H,1H2;3-5H,1-2H3. The van der Waals surface area contributed by atoms with Gasteiger partial charge in [0, 0.05) is 26.5 Å². The smallest absolute Gasteiger partial charge is 0.224 e. The highest BCUT2D eigenvalue weighted by molar-refractivity contribution is 5.59. The average molecular weight is 275 g/mol. The molecule has 1 heterocycles. The summed E-state index contributed by atoms with van der Waals surface area (Å²) in [6, 6.07) is 4.41. The Morgan fingerprint density at radius 3 is 1.90 bits per heavy atom. The molecule has 0 saturated heterocycles. The zero-order valence-electron chi connectivity index (χ0n) is 11.4. The molecular weight excluding hydrogens is 258 g/mol. The Balaban J connectivity index is 0.000000204. The Bertz CT molecular complexity index is 548. The highest BCUT2D eigenvalue weighted by atomic mass is 16.3. The third-order valence-electron chi connectivity index (χ3n) is 2.28. The van der Waals surface area contributed by atoms with E-state index in [-0.39, 0.29) is 11.5 Å². The van der Waals surface area contributed by atoms with Gasteiger partial charge in [-0.05, 0) is 23.8 Å². The second-order valence-corrected chi connectivity index (χ2v) is 4.06. The van der Waals surface area contributed by atoms with E-state index in [4.69, 9.17) is 15.3 Å². The van der Waals surface area contributed by atoms with E-state index in [1.165, 1.54) is 18.2 Å². The molecule has 6 nitrogen and oxygen atoms in total. The first-order chi connectivity index (χ1) is 9.45. The first-order valence-corrected chi connectivity index (χ1v) is 5.77. The zero-order valence-corrected chi connectivity index (χ0v) is 11.4. The molecule has 1 aromatic carbocycles. The van der Waals surface area contributed by atoms with Crippen LogP contribution < -0.4 is 4.90 Å². The van der Waals surface area contributed by atoms with Gasteiger partial charge in [-0.1, -0.05) is 12.7 Å². The highest BCUT2D eigenvalue weighted by Gasteiger charge is 2.05. The van der Waals surface area contributed by atoms with Crippen LogP contribution in [0, 0.1) is 0 Å². The van der Waals surface area contributed by atoms with Crippen molar-refractivity contribution < 1.29 is 15.3 Å². The third-order valence-corrected chi connectivity index (χ3v) is 2.28. The van der Waals surface area contributed by atoms with Crippen LogP contribution in [-0.4, -0.2) is 39.4 Å². The summed E-state index contributed by atoms with van der Waals surface area (Å²) in [6.45, 7) is 3.44. The van der Waals surface area contributed by atoms with Crippen LogP contribution >= 0.6 is 0 Å². The van der Waals surface area contributed by atoms with Crippen LogP contribution in [0.2, 0.25) is 0 Å². The fourth-order valence-corrected chi connectivity index (χ4v) is 1.27. The van der Waals surface area contributed by atoms with Gasteiger partial charge in [0.15, 0.2) is 17.2 Å². The van der Waals surface area contributed by atoms with Gasteiger partial charge in [0.05, 0.1) is 0 Å². The summed E-state index contributed by atoms with van der Waals surface area (Å²) in [4.78, 5) is 9.85. The lowest BCUT2D eigenvalue weighted by molar-refractivity contribution is 0.368. The van der Waals surface area contributed by atoms with Crippen molar-refractivity contribution in [1.29, 1.82) is 0 Å². The zero-order chi connectivity index (χ0) is 15.1. The molecule has 3 N–H and O–H groups in total. The maximum Gasteiger partial charge on any atom is 0.224 e.